The third-order valence-electron chi connectivity index (χ3n) is 3.07. The number of hydrogen-bond acceptors (Lipinski definition) is 2. The summed E-state index contributed by atoms with van der Waals surface area (Å²) in [5.74, 6) is 0.385. The van der Waals surface area contributed by atoms with Crippen LogP contribution in [-0.2, 0) is 5.60 Å². The summed E-state index contributed by atoms with van der Waals surface area (Å²) < 4.78 is 0. The zero-order chi connectivity index (χ0) is 10.2. The molecule has 0 amide bonds. The minimum absolute atomic E-state index is 0.385. The van der Waals surface area contributed by atoms with Gasteiger partial charge in [-0.3, -0.25) is 4.98 Å². The standard InChI is InChI=1S/C12H17NO/c1-9(2)11-10(5-3-8-13-11)12(14)6-4-7-12/h3,5,8-9,14H,4,6-7H2,1-2H3. The highest BCUT2D eigenvalue weighted by Gasteiger charge is 2.38. The van der Waals surface area contributed by atoms with E-state index in [4.69, 9.17) is 0 Å². The lowest BCUT2D eigenvalue weighted by atomic mass is 9.73. The molecule has 1 aliphatic rings. The summed E-state index contributed by atoms with van der Waals surface area (Å²) in [5, 5.41) is 10.3. The molecule has 14 heavy (non-hydrogen) atoms. The van der Waals surface area contributed by atoms with Gasteiger partial charge in [0.15, 0.2) is 0 Å². The average molecular weight is 191 g/mol. The molecule has 1 saturated carbocycles. The second kappa shape index (κ2) is 3.35. The quantitative estimate of drug-likeness (QED) is 0.779. The molecule has 0 bridgehead atoms. The SMILES string of the molecule is CC(C)c1ncccc1C1(O)CCC1. The molecular weight excluding hydrogens is 174 g/mol. The normalized spacial score (nSPS) is 19.4. The van der Waals surface area contributed by atoms with Crippen LogP contribution < -0.4 is 0 Å². The van der Waals surface area contributed by atoms with E-state index in [0.717, 1.165) is 30.5 Å². The molecule has 0 unspecified atom stereocenters. The fourth-order valence-corrected chi connectivity index (χ4v) is 2.05. The molecule has 2 nitrogen and oxygen atoms in total. The second-order valence-corrected chi connectivity index (χ2v) is 4.48. The fraction of sp³-hybridized carbons (Fsp3) is 0.583. The molecule has 2 rings (SSSR count). The van der Waals surface area contributed by atoms with Gasteiger partial charge in [0, 0.05) is 17.5 Å². The van der Waals surface area contributed by atoms with Gasteiger partial charge in [-0.1, -0.05) is 19.9 Å². The fourth-order valence-electron chi connectivity index (χ4n) is 2.05. The van der Waals surface area contributed by atoms with Crippen molar-refractivity contribution < 1.29 is 5.11 Å². The first-order valence-corrected chi connectivity index (χ1v) is 5.31. The molecule has 1 aliphatic carbocycles. The lowest BCUT2D eigenvalue weighted by molar-refractivity contribution is -0.0400. The summed E-state index contributed by atoms with van der Waals surface area (Å²) in [5.41, 5.74) is 1.52. The Hall–Kier alpha value is -0.890. The van der Waals surface area contributed by atoms with Gasteiger partial charge in [-0.05, 0) is 31.2 Å². The van der Waals surface area contributed by atoms with Gasteiger partial charge in [-0.2, -0.15) is 0 Å². The van der Waals surface area contributed by atoms with E-state index in [1.165, 1.54) is 0 Å². The highest BCUT2D eigenvalue weighted by Crippen LogP contribution is 2.43. The van der Waals surface area contributed by atoms with E-state index in [2.05, 4.69) is 18.8 Å². The lowest BCUT2D eigenvalue weighted by Gasteiger charge is -2.38. The molecule has 0 aliphatic heterocycles. The van der Waals surface area contributed by atoms with Crippen LogP contribution in [0, 0.1) is 0 Å². The number of hydrogen-bond donors (Lipinski definition) is 1. The number of rotatable bonds is 2. The highest BCUT2D eigenvalue weighted by atomic mass is 16.3. The third-order valence-corrected chi connectivity index (χ3v) is 3.07. The Morgan fingerprint density at radius 2 is 2.14 bits per heavy atom. The van der Waals surface area contributed by atoms with Crippen molar-refractivity contribution in [3.63, 3.8) is 0 Å². The molecule has 0 radical (unpaired) electrons. The van der Waals surface area contributed by atoms with Crippen LogP contribution in [0.15, 0.2) is 18.3 Å². The van der Waals surface area contributed by atoms with Crippen LogP contribution >= 0.6 is 0 Å². The number of nitrogens with zero attached hydrogens (tertiary/aromatic N) is 1. The van der Waals surface area contributed by atoms with E-state index in [-0.39, 0.29) is 0 Å². The molecule has 1 heterocycles. The van der Waals surface area contributed by atoms with Crippen LogP contribution in [0.1, 0.15) is 50.3 Å². The predicted octanol–water partition coefficient (Wildman–Crippen LogP) is 2.58. The highest BCUT2D eigenvalue weighted by molar-refractivity contribution is 5.30. The van der Waals surface area contributed by atoms with Crippen LogP contribution in [0.5, 0.6) is 0 Å². The Bertz CT molecular complexity index is 329. The smallest absolute Gasteiger partial charge is 0.0914 e. The molecule has 76 valence electrons. The van der Waals surface area contributed by atoms with Gasteiger partial charge in [0.2, 0.25) is 0 Å². The maximum atomic E-state index is 10.3. The molecule has 1 fully saturated rings. The number of aromatic nitrogens is 1. The van der Waals surface area contributed by atoms with Crippen molar-refractivity contribution in [1.82, 2.24) is 4.98 Å². The van der Waals surface area contributed by atoms with E-state index in [1.807, 2.05) is 12.1 Å². The molecule has 0 atom stereocenters. The zero-order valence-electron chi connectivity index (χ0n) is 8.83. The summed E-state index contributed by atoms with van der Waals surface area (Å²) in [6.45, 7) is 4.24. The first kappa shape index (κ1) is 9.66. The zero-order valence-corrected chi connectivity index (χ0v) is 8.83. The first-order valence-electron chi connectivity index (χ1n) is 5.31. The van der Waals surface area contributed by atoms with Gasteiger partial charge >= 0.3 is 0 Å². The summed E-state index contributed by atoms with van der Waals surface area (Å²) in [4.78, 5) is 4.37. The van der Waals surface area contributed by atoms with Gasteiger partial charge in [0.1, 0.15) is 0 Å². The Kier molecular flexibility index (Phi) is 2.31. The maximum Gasteiger partial charge on any atom is 0.0914 e. The van der Waals surface area contributed by atoms with E-state index in [9.17, 15) is 5.11 Å². The van der Waals surface area contributed by atoms with Crippen molar-refractivity contribution in [2.75, 3.05) is 0 Å². The third kappa shape index (κ3) is 1.44. The van der Waals surface area contributed by atoms with E-state index in [1.54, 1.807) is 6.20 Å². The molecule has 1 aromatic rings. The first-order chi connectivity index (χ1) is 6.63. The minimum Gasteiger partial charge on any atom is -0.385 e. The predicted molar refractivity (Wildman–Crippen MR) is 56.1 cm³/mol. The van der Waals surface area contributed by atoms with Crippen molar-refractivity contribution in [3.8, 4) is 0 Å². The van der Waals surface area contributed by atoms with Crippen LogP contribution in [0.2, 0.25) is 0 Å². The number of pyridine rings is 1. The van der Waals surface area contributed by atoms with Gasteiger partial charge < -0.3 is 5.11 Å². The van der Waals surface area contributed by atoms with Gasteiger partial charge in [-0.15, -0.1) is 0 Å². The van der Waals surface area contributed by atoms with Crippen LogP contribution in [0.3, 0.4) is 0 Å². The summed E-state index contributed by atoms with van der Waals surface area (Å²) in [6, 6.07) is 3.93. The molecule has 1 N–H and O–H groups in total. The molecule has 0 saturated heterocycles. The second-order valence-electron chi connectivity index (χ2n) is 4.48. The van der Waals surface area contributed by atoms with E-state index < -0.39 is 5.60 Å². The Morgan fingerprint density at radius 1 is 1.43 bits per heavy atom. The van der Waals surface area contributed by atoms with E-state index >= 15 is 0 Å². The average Bonchev–Trinajstić information content (AvgIpc) is 2.14. The van der Waals surface area contributed by atoms with Crippen molar-refractivity contribution in [2.45, 2.75) is 44.6 Å². The molecule has 0 aromatic carbocycles. The van der Waals surface area contributed by atoms with Gasteiger partial charge in [0.05, 0.1) is 5.60 Å². The lowest BCUT2D eigenvalue weighted by Crippen LogP contribution is -2.35. The van der Waals surface area contributed by atoms with Crippen molar-refractivity contribution >= 4 is 0 Å². The summed E-state index contributed by atoms with van der Waals surface area (Å²) >= 11 is 0. The van der Waals surface area contributed by atoms with Crippen LogP contribution in [-0.4, -0.2) is 10.1 Å². The largest absolute Gasteiger partial charge is 0.385 e. The Labute approximate surface area is 85.0 Å². The molecule has 0 spiro atoms. The summed E-state index contributed by atoms with van der Waals surface area (Å²) in [7, 11) is 0. The molecule has 2 heteroatoms. The van der Waals surface area contributed by atoms with Crippen molar-refractivity contribution in [2.24, 2.45) is 0 Å². The van der Waals surface area contributed by atoms with Crippen LogP contribution in [0.25, 0.3) is 0 Å². The summed E-state index contributed by atoms with van der Waals surface area (Å²) in [6.07, 6.45) is 4.71. The van der Waals surface area contributed by atoms with Crippen LogP contribution in [0.4, 0.5) is 0 Å². The number of aliphatic hydroxyl groups is 1. The Morgan fingerprint density at radius 3 is 2.64 bits per heavy atom. The molecular formula is C12H17NO. The minimum atomic E-state index is -0.576. The Balaban J connectivity index is 2.41. The van der Waals surface area contributed by atoms with Crippen molar-refractivity contribution in [3.05, 3.63) is 29.6 Å². The monoisotopic (exact) mass is 191 g/mol. The van der Waals surface area contributed by atoms with E-state index in [0.29, 0.717) is 5.92 Å². The molecule has 1 aromatic heterocycles. The maximum absolute atomic E-state index is 10.3. The van der Waals surface area contributed by atoms with Crippen molar-refractivity contribution in [1.29, 1.82) is 0 Å². The topological polar surface area (TPSA) is 33.1 Å². The van der Waals surface area contributed by atoms with Gasteiger partial charge in [0.25, 0.3) is 0 Å². The van der Waals surface area contributed by atoms with Gasteiger partial charge in [-0.25, -0.2) is 0 Å².